The molecule has 0 aliphatic rings. The van der Waals surface area contributed by atoms with Crippen molar-refractivity contribution < 1.29 is 24.2 Å². The first-order valence-corrected chi connectivity index (χ1v) is 12.6. The molecule has 0 fully saturated rings. The first kappa shape index (κ1) is 29.2. The van der Waals surface area contributed by atoms with Gasteiger partial charge in [-0.15, -0.1) is 0 Å². The molecule has 196 valence electrons. The van der Waals surface area contributed by atoms with Gasteiger partial charge in [-0.1, -0.05) is 49.4 Å². The number of aliphatic hydroxyl groups excluding tert-OH is 1. The third-order valence-electron chi connectivity index (χ3n) is 5.46. The summed E-state index contributed by atoms with van der Waals surface area (Å²) in [5, 5.41) is 15.3. The molecular weight excluding hydrogens is 478 g/mol. The molecular formula is C27H37N3O5S. The Morgan fingerprint density at radius 1 is 1.08 bits per heavy atom. The van der Waals surface area contributed by atoms with Crippen molar-refractivity contribution >= 4 is 36.2 Å². The summed E-state index contributed by atoms with van der Waals surface area (Å²) in [6, 6.07) is 12.6. The van der Waals surface area contributed by atoms with Crippen LogP contribution in [0, 0.1) is 6.92 Å². The quantitative estimate of drug-likeness (QED) is 0.359. The lowest BCUT2D eigenvalue weighted by Crippen LogP contribution is -2.53. The van der Waals surface area contributed by atoms with E-state index < -0.39 is 35.6 Å². The van der Waals surface area contributed by atoms with Gasteiger partial charge in [-0.25, -0.2) is 4.79 Å². The van der Waals surface area contributed by atoms with Crippen LogP contribution in [0.15, 0.2) is 48.5 Å². The number of alkyl carbamates (subject to hydrolysis) is 1. The Labute approximate surface area is 218 Å². The van der Waals surface area contributed by atoms with Crippen molar-refractivity contribution in [2.45, 2.75) is 58.7 Å². The summed E-state index contributed by atoms with van der Waals surface area (Å²) < 4.78 is 5.29. The maximum absolute atomic E-state index is 13.6. The number of carbonyl (C=O) groups is 3. The summed E-state index contributed by atoms with van der Waals surface area (Å²) in [4.78, 5) is 40.9. The molecule has 0 aromatic heterocycles. The lowest BCUT2D eigenvalue weighted by atomic mass is 10.0. The third kappa shape index (κ3) is 8.27. The first-order chi connectivity index (χ1) is 17.0. The van der Waals surface area contributed by atoms with Gasteiger partial charge in [-0.05, 0) is 56.9 Å². The Morgan fingerprint density at radius 3 is 2.25 bits per heavy atom. The Morgan fingerprint density at radius 2 is 1.72 bits per heavy atom. The van der Waals surface area contributed by atoms with Gasteiger partial charge in [-0.3, -0.25) is 9.59 Å². The molecule has 2 atom stereocenters. The number of hydrogen-bond donors (Lipinski definition) is 4. The molecule has 0 saturated carbocycles. The van der Waals surface area contributed by atoms with Crippen LogP contribution >= 0.6 is 12.6 Å². The van der Waals surface area contributed by atoms with Gasteiger partial charge in [0, 0.05) is 18.0 Å². The van der Waals surface area contributed by atoms with E-state index in [9.17, 15) is 19.5 Å². The van der Waals surface area contributed by atoms with Crippen LogP contribution in [-0.2, 0) is 20.7 Å². The van der Waals surface area contributed by atoms with Crippen molar-refractivity contribution in [2.75, 3.05) is 24.2 Å². The van der Waals surface area contributed by atoms with Crippen molar-refractivity contribution in [3.05, 3.63) is 65.2 Å². The standard InChI is InChI=1S/C27H37N3O5S/c1-6-19-11-13-20(14-12-19)23(24(32)28-21-10-8-7-9-18(21)2)30(15-16-31)25(33)22(17-36)29-26(34)35-27(3,4)5/h7-14,22-23,31,36H,6,15-17H2,1-5H3,(H,28,32)(H,29,34). The van der Waals surface area contributed by atoms with Crippen molar-refractivity contribution in [2.24, 2.45) is 0 Å². The second-order valence-electron chi connectivity index (χ2n) is 9.44. The fraction of sp³-hybridized carbons (Fsp3) is 0.444. The molecule has 9 heteroatoms. The van der Waals surface area contributed by atoms with Crippen LogP contribution in [0.2, 0.25) is 0 Å². The van der Waals surface area contributed by atoms with Crippen molar-refractivity contribution in [1.82, 2.24) is 10.2 Å². The molecule has 3 amide bonds. The molecule has 2 aromatic carbocycles. The Bertz CT molecular complexity index is 1040. The van der Waals surface area contributed by atoms with Gasteiger partial charge < -0.3 is 25.4 Å². The number of ether oxygens (including phenoxy) is 1. The molecule has 2 unspecified atom stereocenters. The van der Waals surface area contributed by atoms with Crippen LogP contribution < -0.4 is 10.6 Å². The Hall–Kier alpha value is -3.04. The van der Waals surface area contributed by atoms with Gasteiger partial charge in [0.1, 0.15) is 17.7 Å². The minimum atomic E-state index is -1.07. The number of anilines is 1. The largest absolute Gasteiger partial charge is 0.444 e. The minimum absolute atomic E-state index is 0.0269. The fourth-order valence-electron chi connectivity index (χ4n) is 3.63. The van der Waals surface area contributed by atoms with E-state index in [1.54, 1.807) is 39.0 Å². The highest BCUT2D eigenvalue weighted by Gasteiger charge is 2.35. The summed E-state index contributed by atoms with van der Waals surface area (Å²) >= 11 is 4.25. The number of rotatable bonds is 10. The monoisotopic (exact) mass is 515 g/mol. The molecule has 36 heavy (non-hydrogen) atoms. The van der Waals surface area contributed by atoms with E-state index in [0.29, 0.717) is 11.3 Å². The predicted octanol–water partition coefficient (Wildman–Crippen LogP) is 3.88. The summed E-state index contributed by atoms with van der Waals surface area (Å²) in [6.45, 7) is 8.55. The summed E-state index contributed by atoms with van der Waals surface area (Å²) in [7, 11) is 0. The molecule has 8 nitrogen and oxygen atoms in total. The summed E-state index contributed by atoms with van der Waals surface area (Å²) in [6.07, 6.45) is 0.0494. The number of benzene rings is 2. The van der Waals surface area contributed by atoms with Crippen LogP contribution in [0.3, 0.4) is 0 Å². The van der Waals surface area contributed by atoms with E-state index in [4.69, 9.17) is 4.74 Å². The highest BCUT2D eigenvalue weighted by atomic mass is 32.1. The normalized spacial score (nSPS) is 12.9. The van der Waals surface area contributed by atoms with Gasteiger partial charge in [-0.2, -0.15) is 12.6 Å². The highest BCUT2D eigenvalue weighted by Crippen LogP contribution is 2.26. The molecule has 0 spiro atoms. The van der Waals surface area contributed by atoms with Crippen LogP contribution in [-0.4, -0.2) is 58.5 Å². The molecule has 2 rings (SSSR count). The molecule has 0 radical (unpaired) electrons. The smallest absolute Gasteiger partial charge is 0.408 e. The molecule has 0 saturated heterocycles. The van der Waals surface area contributed by atoms with Gasteiger partial charge in [0.2, 0.25) is 5.91 Å². The lowest BCUT2D eigenvalue weighted by molar-refractivity contribution is -0.140. The van der Waals surface area contributed by atoms with E-state index in [1.807, 2.05) is 44.2 Å². The number of nitrogens with one attached hydrogen (secondary N) is 2. The second kappa shape index (κ2) is 13.3. The van der Waals surface area contributed by atoms with Crippen LogP contribution in [0.4, 0.5) is 10.5 Å². The van der Waals surface area contributed by atoms with E-state index in [1.165, 1.54) is 4.90 Å². The second-order valence-corrected chi connectivity index (χ2v) is 9.80. The summed E-state index contributed by atoms with van der Waals surface area (Å²) in [5.74, 6) is -1.03. The zero-order valence-electron chi connectivity index (χ0n) is 21.6. The molecule has 0 heterocycles. The van der Waals surface area contributed by atoms with Crippen molar-refractivity contribution in [3.63, 3.8) is 0 Å². The zero-order valence-corrected chi connectivity index (χ0v) is 22.5. The van der Waals surface area contributed by atoms with Gasteiger partial charge >= 0.3 is 6.09 Å². The van der Waals surface area contributed by atoms with E-state index in [-0.39, 0.29) is 18.9 Å². The average molecular weight is 516 g/mol. The van der Waals surface area contributed by atoms with Crippen molar-refractivity contribution in [3.8, 4) is 0 Å². The Kier molecular flexibility index (Phi) is 10.8. The maximum Gasteiger partial charge on any atom is 0.408 e. The lowest BCUT2D eigenvalue weighted by Gasteiger charge is -2.34. The van der Waals surface area contributed by atoms with Gasteiger partial charge in [0.15, 0.2) is 0 Å². The number of carbonyl (C=O) groups excluding carboxylic acids is 3. The average Bonchev–Trinajstić information content (AvgIpc) is 2.82. The number of aliphatic hydroxyl groups is 1. The van der Waals surface area contributed by atoms with Gasteiger partial charge in [0.25, 0.3) is 5.91 Å². The van der Waals surface area contributed by atoms with E-state index in [2.05, 4.69) is 23.3 Å². The molecule has 2 aromatic rings. The minimum Gasteiger partial charge on any atom is -0.444 e. The molecule has 0 bridgehead atoms. The molecule has 0 aliphatic carbocycles. The summed E-state index contributed by atoms with van der Waals surface area (Å²) in [5.41, 5.74) is 2.39. The number of nitrogens with zero attached hydrogens (tertiary/aromatic N) is 1. The number of thiol groups is 1. The number of para-hydroxylation sites is 1. The Balaban J connectivity index is 2.45. The maximum atomic E-state index is 13.6. The fourth-order valence-corrected chi connectivity index (χ4v) is 3.88. The third-order valence-corrected chi connectivity index (χ3v) is 5.83. The first-order valence-electron chi connectivity index (χ1n) is 12.0. The number of amides is 3. The SMILES string of the molecule is CCc1ccc(C(C(=O)Nc2ccccc2C)N(CCO)C(=O)C(CS)NC(=O)OC(C)(C)C)cc1. The van der Waals surface area contributed by atoms with E-state index >= 15 is 0 Å². The topological polar surface area (TPSA) is 108 Å². The number of aryl methyl sites for hydroxylation is 2. The predicted molar refractivity (Wildman–Crippen MR) is 144 cm³/mol. The zero-order chi connectivity index (χ0) is 26.9. The van der Waals surface area contributed by atoms with Crippen LogP contribution in [0.25, 0.3) is 0 Å². The highest BCUT2D eigenvalue weighted by molar-refractivity contribution is 7.80. The number of hydrogen-bond acceptors (Lipinski definition) is 6. The van der Waals surface area contributed by atoms with Crippen LogP contribution in [0.1, 0.15) is 50.4 Å². The van der Waals surface area contributed by atoms with E-state index in [0.717, 1.165) is 17.5 Å². The molecule has 3 N–H and O–H groups in total. The molecule has 0 aliphatic heterocycles. The van der Waals surface area contributed by atoms with Crippen LogP contribution in [0.5, 0.6) is 0 Å². The van der Waals surface area contributed by atoms with Gasteiger partial charge in [0.05, 0.1) is 6.61 Å². The van der Waals surface area contributed by atoms with Crippen molar-refractivity contribution in [1.29, 1.82) is 0 Å².